The molecule has 0 saturated heterocycles. The molecule has 0 aliphatic heterocycles. The summed E-state index contributed by atoms with van der Waals surface area (Å²) in [5.74, 6) is 0. The Bertz CT molecular complexity index is 133. The van der Waals surface area contributed by atoms with E-state index in [0.29, 0.717) is 0 Å². The van der Waals surface area contributed by atoms with Crippen molar-refractivity contribution in [2.45, 2.75) is 77.3 Å². The van der Waals surface area contributed by atoms with Gasteiger partial charge in [0, 0.05) is 12.1 Å². The minimum atomic E-state index is 0.802. The molecule has 0 bridgehead atoms. The summed E-state index contributed by atoms with van der Waals surface area (Å²) in [6.45, 7) is 6.96. The van der Waals surface area contributed by atoms with Gasteiger partial charge in [-0.05, 0) is 51.6 Å². The zero-order valence-electron chi connectivity index (χ0n) is 11.2. The van der Waals surface area contributed by atoms with E-state index in [9.17, 15) is 0 Å². The first-order valence-corrected chi connectivity index (χ1v) is 7.33. The lowest BCUT2D eigenvalue weighted by Gasteiger charge is -2.30. The quantitative estimate of drug-likeness (QED) is 0.622. The second-order valence-electron chi connectivity index (χ2n) is 5.16. The van der Waals surface area contributed by atoms with Gasteiger partial charge in [-0.25, -0.2) is 0 Å². The molecular formula is C14H30N2. The molecule has 1 fully saturated rings. The number of hydrogen-bond acceptors (Lipinski definition) is 2. The lowest BCUT2D eigenvalue weighted by molar-refractivity contribution is 0.306. The predicted octanol–water partition coefficient (Wildman–Crippen LogP) is 3.08. The first kappa shape index (κ1) is 14.0. The Morgan fingerprint density at radius 1 is 0.750 bits per heavy atom. The summed E-state index contributed by atoms with van der Waals surface area (Å²) in [5.41, 5.74) is 0. The lowest BCUT2D eigenvalue weighted by atomic mass is 9.91. The summed E-state index contributed by atoms with van der Waals surface area (Å²) < 4.78 is 0. The Morgan fingerprint density at radius 2 is 1.12 bits per heavy atom. The topological polar surface area (TPSA) is 24.1 Å². The van der Waals surface area contributed by atoms with E-state index < -0.39 is 0 Å². The smallest absolute Gasteiger partial charge is 0.00682 e. The summed E-state index contributed by atoms with van der Waals surface area (Å²) in [4.78, 5) is 0. The molecule has 0 radical (unpaired) electrons. The van der Waals surface area contributed by atoms with Crippen molar-refractivity contribution in [3.8, 4) is 0 Å². The molecule has 1 saturated carbocycles. The van der Waals surface area contributed by atoms with E-state index in [1.54, 1.807) is 0 Å². The lowest BCUT2D eigenvalue weighted by Crippen LogP contribution is -2.40. The fourth-order valence-corrected chi connectivity index (χ4v) is 2.47. The second-order valence-corrected chi connectivity index (χ2v) is 5.16. The van der Waals surface area contributed by atoms with Crippen LogP contribution in [-0.2, 0) is 0 Å². The van der Waals surface area contributed by atoms with Crippen LogP contribution in [0.1, 0.15) is 65.2 Å². The maximum Gasteiger partial charge on any atom is 0.00682 e. The normalized spacial score (nSPS) is 25.9. The third-order valence-corrected chi connectivity index (χ3v) is 3.65. The first-order valence-electron chi connectivity index (χ1n) is 7.33. The van der Waals surface area contributed by atoms with Gasteiger partial charge in [0.25, 0.3) is 0 Å². The molecule has 0 heterocycles. The van der Waals surface area contributed by atoms with Crippen LogP contribution in [-0.4, -0.2) is 25.2 Å². The van der Waals surface area contributed by atoms with E-state index in [1.165, 1.54) is 64.5 Å². The first-order chi connectivity index (χ1) is 7.86. The van der Waals surface area contributed by atoms with Crippen molar-refractivity contribution >= 4 is 0 Å². The van der Waals surface area contributed by atoms with E-state index in [1.807, 2.05) is 0 Å². The molecule has 1 rings (SSSR count). The van der Waals surface area contributed by atoms with Gasteiger partial charge in [-0.15, -0.1) is 0 Å². The molecule has 0 aromatic heterocycles. The molecule has 1 aliphatic carbocycles. The zero-order chi connectivity index (χ0) is 11.6. The highest BCUT2D eigenvalue weighted by Gasteiger charge is 2.19. The molecule has 16 heavy (non-hydrogen) atoms. The molecule has 0 amide bonds. The van der Waals surface area contributed by atoms with Gasteiger partial charge < -0.3 is 10.6 Å². The van der Waals surface area contributed by atoms with E-state index in [-0.39, 0.29) is 0 Å². The van der Waals surface area contributed by atoms with Gasteiger partial charge in [-0.1, -0.05) is 26.7 Å². The molecule has 1 aliphatic rings. The highest BCUT2D eigenvalue weighted by Crippen LogP contribution is 2.18. The monoisotopic (exact) mass is 226 g/mol. The van der Waals surface area contributed by atoms with E-state index in [4.69, 9.17) is 0 Å². The van der Waals surface area contributed by atoms with Crippen LogP contribution in [0.4, 0.5) is 0 Å². The van der Waals surface area contributed by atoms with Gasteiger partial charge in [0.05, 0.1) is 0 Å². The van der Waals surface area contributed by atoms with Crippen LogP contribution in [0.2, 0.25) is 0 Å². The van der Waals surface area contributed by atoms with Crippen molar-refractivity contribution in [1.82, 2.24) is 10.6 Å². The maximum absolute atomic E-state index is 3.68. The standard InChI is InChI=1S/C14H30N2/c1-3-5-11-15-13-7-9-14(10-8-13)16-12-6-4-2/h13-16H,3-12H2,1-2H3. The minimum absolute atomic E-state index is 0.802. The van der Waals surface area contributed by atoms with Crippen molar-refractivity contribution in [3.05, 3.63) is 0 Å². The number of unbranched alkanes of at least 4 members (excludes halogenated alkanes) is 2. The van der Waals surface area contributed by atoms with Gasteiger partial charge in [-0.2, -0.15) is 0 Å². The summed E-state index contributed by atoms with van der Waals surface area (Å²) in [6, 6.07) is 1.60. The summed E-state index contributed by atoms with van der Waals surface area (Å²) >= 11 is 0. The van der Waals surface area contributed by atoms with Gasteiger partial charge in [0.15, 0.2) is 0 Å². The van der Waals surface area contributed by atoms with E-state index in [2.05, 4.69) is 24.5 Å². The molecule has 0 atom stereocenters. The largest absolute Gasteiger partial charge is 0.314 e. The highest BCUT2D eigenvalue weighted by molar-refractivity contribution is 4.80. The van der Waals surface area contributed by atoms with E-state index >= 15 is 0 Å². The predicted molar refractivity (Wildman–Crippen MR) is 71.9 cm³/mol. The molecule has 0 spiro atoms. The van der Waals surface area contributed by atoms with Crippen molar-refractivity contribution < 1.29 is 0 Å². The molecule has 0 aromatic rings. The average Bonchev–Trinajstić information content (AvgIpc) is 2.32. The summed E-state index contributed by atoms with van der Waals surface area (Å²) in [7, 11) is 0. The average molecular weight is 226 g/mol. The number of hydrogen-bond donors (Lipinski definition) is 2. The minimum Gasteiger partial charge on any atom is -0.314 e. The summed E-state index contributed by atoms with van der Waals surface area (Å²) in [5, 5.41) is 7.37. The maximum atomic E-state index is 3.68. The second kappa shape index (κ2) is 9.00. The van der Waals surface area contributed by atoms with Gasteiger partial charge in [0.2, 0.25) is 0 Å². The molecule has 2 nitrogen and oxygen atoms in total. The Labute approximate surface area is 102 Å². The van der Waals surface area contributed by atoms with Crippen molar-refractivity contribution in [3.63, 3.8) is 0 Å². The third kappa shape index (κ3) is 5.86. The zero-order valence-corrected chi connectivity index (χ0v) is 11.2. The van der Waals surface area contributed by atoms with Crippen LogP contribution in [0.25, 0.3) is 0 Å². The molecule has 2 heteroatoms. The van der Waals surface area contributed by atoms with E-state index in [0.717, 1.165) is 12.1 Å². The van der Waals surface area contributed by atoms with Crippen LogP contribution in [0.15, 0.2) is 0 Å². The Morgan fingerprint density at radius 3 is 1.44 bits per heavy atom. The SMILES string of the molecule is CCCCNC1CCC(NCCCC)CC1. The van der Waals surface area contributed by atoms with Crippen LogP contribution < -0.4 is 10.6 Å². The van der Waals surface area contributed by atoms with Gasteiger partial charge >= 0.3 is 0 Å². The van der Waals surface area contributed by atoms with Crippen LogP contribution in [0.5, 0.6) is 0 Å². The molecule has 0 unspecified atom stereocenters. The fraction of sp³-hybridized carbons (Fsp3) is 1.00. The third-order valence-electron chi connectivity index (χ3n) is 3.65. The Hall–Kier alpha value is -0.0800. The van der Waals surface area contributed by atoms with Crippen LogP contribution >= 0.6 is 0 Å². The fourth-order valence-electron chi connectivity index (χ4n) is 2.47. The van der Waals surface area contributed by atoms with Gasteiger partial charge in [0.1, 0.15) is 0 Å². The molecular weight excluding hydrogens is 196 g/mol. The highest BCUT2D eigenvalue weighted by atomic mass is 14.9. The Balaban J connectivity index is 2.00. The molecule has 96 valence electrons. The number of nitrogens with one attached hydrogen (secondary N) is 2. The van der Waals surface area contributed by atoms with Crippen molar-refractivity contribution in [1.29, 1.82) is 0 Å². The van der Waals surface area contributed by atoms with Crippen LogP contribution in [0, 0.1) is 0 Å². The molecule has 2 N–H and O–H groups in total. The van der Waals surface area contributed by atoms with Crippen molar-refractivity contribution in [2.75, 3.05) is 13.1 Å². The van der Waals surface area contributed by atoms with Crippen LogP contribution in [0.3, 0.4) is 0 Å². The number of rotatable bonds is 8. The van der Waals surface area contributed by atoms with Gasteiger partial charge in [-0.3, -0.25) is 0 Å². The van der Waals surface area contributed by atoms with Crippen molar-refractivity contribution in [2.24, 2.45) is 0 Å². The molecule has 0 aromatic carbocycles. The Kier molecular flexibility index (Phi) is 7.87. The summed E-state index contributed by atoms with van der Waals surface area (Å²) in [6.07, 6.45) is 10.7.